The predicted molar refractivity (Wildman–Crippen MR) is 117 cm³/mol. The van der Waals surface area contributed by atoms with E-state index in [1.165, 1.54) is 17.3 Å². The van der Waals surface area contributed by atoms with Gasteiger partial charge in [-0.25, -0.2) is 4.68 Å². The lowest BCUT2D eigenvalue weighted by Gasteiger charge is -2.38. The maximum Gasteiger partial charge on any atom is 0.278 e. The number of aromatic hydroxyl groups is 1. The van der Waals surface area contributed by atoms with Gasteiger partial charge >= 0.3 is 0 Å². The first-order valence-electron chi connectivity index (χ1n) is 11.0. The van der Waals surface area contributed by atoms with Crippen molar-refractivity contribution in [3.05, 3.63) is 42.2 Å². The fourth-order valence-corrected chi connectivity index (χ4v) is 4.65. The van der Waals surface area contributed by atoms with Gasteiger partial charge in [0.1, 0.15) is 0 Å². The number of para-hydroxylation sites is 1. The first kappa shape index (κ1) is 21.4. The molecule has 2 aliphatic rings. The molecule has 2 aliphatic heterocycles. The van der Waals surface area contributed by atoms with E-state index >= 15 is 0 Å². The third-order valence-electron chi connectivity index (χ3n) is 6.16. The van der Waals surface area contributed by atoms with E-state index in [0.717, 1.165) is 18.8 Å². The quantitative estimate of drug-likeness (QED) is 0.808. The summed E-state index contributed by atoms with van der Waals surface area (Å²) in [6.07, 6.45) is 2.63. The molecular weight excluding hydrogens is 394 g/mol. The minimum Gasteiger partial charge on any atom is -0.504 e. The van der Waals surface area contributed by atoms with Crippen molar-refractivity contribution in [3.63, 3.8) is 0 Å². The summed E-state index contributed by atoms with van der Waals surface area (Å²) >= 11 is 0. The van der Waals surface area contributed by atoms with Crippen LogP contribution in [-0.4, -0.2) is 87.2 Å². The molecule has 31 heavy (non-hydrogen) atoms. The third kappa shape index (κ3) is 4.90. The van der Waals surface area contributed by atoms with Crippen LogP contribution in [0.4, 0.5) is 0 Å². The van der Waals surface area contributed by atoms with Gasteiger partial charge in [0.15, 0.2) is 11.4 Å². The van der Waals surface area contributed by atoms with Gasteiger partial charge in [0, 0.05) is 39.3 Å². The van der Waals surface area contributed by atoms with Crippen molar-refractivity contribution in [2.75, 3.05) is 45.8 Å². The Bertz CT molecular complexity index is 911. The molecule has 2 atom stereocenters. The van der Waals surface area contributed by atoms with Crippen LogP contribution in [0, 0.1) is 11.8 Å². The van der Waals surface area contributed by atoms with E-state index in [4.69, 9.17) is 0 Å². The molecule has 0 saturated carbocycles. The number of rotatable bonds is 4. The van der Waals surface area contributed by atoms with Gasteiger partial charge in [0.05, 0.1) is 18.4 Å². The Hall–Kier alpha value is -2.87. The van der Waals surface area contributed by atoms with Gasteiger partial charge in [-0.3, -0.25) is 14.5 Å². The number of nitrogens with zero attached hydrogens (tertiary/aromatic N) is 5. The molecular formula is C23H31N5O3. The summed E-state index contributed by atoms with van der Waals surface area (Å²) in [6.45, 7) is 8.77. The number of piperidine rings is 1. The van der Waals surface area contributed by atoms with Crippen LogP contribution in [-0.2, 0) is 4.79 Å². The summed E-state index contributed by atoms with van der Waals surface area (Å²) in [5.41, 5.74) is 0.839. The largest absolute Gasteiger partial charge is 0.504 e. The fraction of sp³-hybridized carbons (Fsp3) is 0.522. The van der Waals surface area contributed by atoms with Crippen LogP contribution >= 0.6 is 0 Å². The topological polar surface area (TPSA) is 81.9 Å². The van der Waals surface area contributed by atoms with E-state index in [9.17, 15) is 14.7 Å². The molecule has 3 heterocycles. The third-order valence-corrected chi connectivity index (χ3v) is 6.16. The van der Waals surface area contributed by atoms with Gasteiger partial charge in [0.25, 0.3) is 5.91 Å². The highest BCUT2D eigenvalue weighted by atomic mass is 16.3. The Morgan fingerprint density at radius 2 is 1.65 bits per heavy atom. The van der Waals surface area contributed by atoms with Gasteiger partial charge in [-0.15, -0.1) is 0 Å². The molecule has 2 saturated heterocycles. The van der Waals surface area contributed by atoms with E-state index in [-0.39, 0.29) is 23.3 Å². The van der Waals surface area contributed by atoms with E-state index in [2.05, 4.69) is 23.8 Å². The van der Waals surface area contributed by atoms with Gasteiger partial charge < -0.3 is 14.9 Å². The average molecular weight is 426 g/mol. The molecule has 166 valence electrons. The molecule has 0 bridgehead atoms. The van der Waals surface area contributed by atoms with Crippen molar-refractivity contribution in [1.82, 2.24) is 24.5 Å². The lowest BCUT2D eigenvalue weighted by atomic mass is 9.92. The highest BCUT2D eigenvalue weighted by Gasteiger charge is 2.30. The molecule has 8 nitrogen and oxygen atoms in total. The lowest BCUT2D eigenvalue weighted by Crippen LogP contribution is -2.53. The molecule has 2 unspecified atom stereocenters. The number of hydrogen-bond acceptors (Lipinski definition) is 5. The minimum atomic E-state index is -0.281. The van der Waals surface area contributed by atoms with Crippen LogP contribution < -0.4 is 0 Å². The summed E-state index contributed by atoms with van der Waals surface area (Å²) in [5.74, 6) is 0.866. The molecule has 0 radical (unpaired) electrons. The second-order valence-electron chi connectivity index (χ2n) is 8.96. The minimum absolute atomic E-state index is 0.0599. The van der Waals surface area contributed by atoms with Crippen LogP contribution in [0.1, 0.15) is 30.8 Å². The summed E-state index contributed by atoms with van der Waals surface area (Å²) in [6, 6.07) is 9.37. The molecule has 0 aliphatic carbocycles. The van der Waals surface area contributed by atoms with Crippen molar-refractivity contribution in [1.29, 1.82) is 0 Å². The number of likely N-dealkylation sites (tertiary alicyclic amines) is 1. The predicted octanol–water partition coefficient (Wildman–Crippen LogP) is 1.84. The van der Waals surface area contributed by atoms with Crippen molar-refractivity contribution in [2.24, 2.45) is 11.8 Å². The highest BCUT2D eigenvalue weighted by molar-refractivity contribution is 5.95. The molecule has 0 spiro atoms. The molecule has 1 N–H and O–H groups in total. The SMILES string of the molecule is CC1CC(C)CN(C(=O)CN2CCN(C(=O)c3nn(-c4ccccc4)cc3O)CC2)C1. The first-order valence-corrected chi connectivity index (χ1v) is 11.0. The maximum absolute atomic E-state index is 12.9. The molecule has 1 aromatic carbocycles. The number of carbonyl (C=O) groups excluding carboxylic acids is 2. The van der Waals surface area contributed by atoms with Gasteiger partial charge in [-0.2, -0.15) is 5.10 Å². The average Bonchev–Trinajstić information content (AvgIpc) is 3.15. The highest BCUT2D eigenvalue weighted by Crippen LogP contribution is 2.22. The number of piperazine rings is 1. The monoisotopic (exact) mass is 425 g/mol. The Kier molecular flexibility index (Phi) is 6.27. The molecule has 8 heteroatoms. The van der Waals surface area contributed by atoms with Crippen LogP contribution in [0.15, 0.2) is 36.5 Å². The van der Waals surface area contributed by atoms with E-state index in [1.54, 1.807) is 4.90 Å². The van der Waals surface area contributed by atoms with Gasteiger partial charge in [-0.05, 0) is 30.4 Å². The Balaban J connectivity index is 1.32. The molecule has 2 fully saturated rings. The summed E-state index contributed by atoms with van der Waals surface area (Å²) in [4.78, 5) is 31.4. The van der Waals surface area contributed by atoms with Crippen LogP contribution in [0.25, 0.3) is 5.69 Å². The number of hydrogen-bond donors (Lipinski definition) is 1. The number of carbonyl (C=O) groups is 2. The maximum atomic E-state index is 12.9. The molecule has 2 amide bonds. The lowest BCUT2D eigenvalue weighted by molar-refractivity contribution is -0.135. The molecule has 2 aromatic rings. The summed E-state index contributed by atoms with van der Waals surface area (Å²) < 4.78 is 1.51. The second-order valence-corrected chi connectivity index (χ2v) is 8.96. The number of aromatic nitrogens is 2. The smallest absolute Gasteiger partial charge is 0.278 e. The van der Waals surface area contributed by atoms with E-state index in [0.29, 0.717) is 44.6 Å². The van der Waals surface area contributed by atoms with Crippen molar-refractivity contribution >= 4 is 11.8 Å². The zero-order valence-corrected chi connectivity index (χ0v) is 18.3. The van der Waals surface area contributed by atoms with E-state index < -0.39 is 0 Å². The van der Waals surface area contributed by atoms with E-state index in [1.807, 2.05) is 35.2 Å². The zero-order chi connectivity index (χ0) is 22.0. The summed E-state index contributed by atoms with van der Waals surface area (Å²) in [7, 11) is 0. The Morgan fingerprint density at radius 1 is 1.00 bits per heavy atom. The van der Waals surface area contributed by atoms with Crippen LogP contribution in [0.3, 0.4) is 0 Å². The second kappa shape index (κ2) is 9.09. The van der Waals surface area contributed by atoms with Crippen molar-refractivity contribution in [2.45, 2.75) is 20.3 Å². The number of benzene rings is 1. The van der Waals surface area contributed by atoms with Crippen LogP contribution in [0.5, 0.6) is 5.75 Å². The fourth-order valence-electron chi connectivity index (χ4n) is 4.65. The van der Waals surface area contributed by atoms with Gasteiger partial charge in [0.2, 0.25) is 5.91 Å². The summed E-state index contributed by atoms with van der Waals surface area (Å²) in [5, 5.41) is 14.6. The molecule has 1 aromatic heterocycles. The van der Waals surface area contributed by atoms with Crippen molar-refractivity contribution < 1.29 is 14.7 Å². The van der Waals surface area contributed by atoms with Crippen molar-refractivity contribution in [3.8, 4) is 11.4 Å². The Morgan fingerprint density at radius 3 is 2.29 bits per heavy atom. The molecule has 4 rings (SSSR count). The first-order chi connectivity index (χ1) is 14.9. The standard InChI is InChI=1S/C23H31N5O3/c1-17-12-18(2)14-27(13-17)21(30)16-25-8-10-26(11-9-25)23(31)22-20(29)15-28(24-22)19-6-4-3-5-7-19/h3-7,15,17-18,29H,8-14,16H2,1-2H3. The Labute approximate surface area is 183 Å². The normalized spacial score (nSPS) is 22.5. The van der Waals surface area contributed by atoms with Gasteiger partial charge in [-0.1, -0.05) is 32.0 Å². The van der Waals surface area contributed by atoms with Crippen LogP contribution in [0.2, 0.25) is 0 Å². The number of amides is 2. The zero-order valence-electron chi connectivity index (χ0n) is 18.3.